The quantitative estimate of drug-likeness (QED) is 0.822. The van der Waals surface area contributed by atoms with Crippen LogP contribution in [0.1, 0.15) is 29.5 Å². The Hall–Kier alpha value is -2.30. The summed E-state index contributed by atoms with van der Waals surface area (Å²) in [6, 6.07) is 13.5. The van der Waals surface area contributed by atoms with E-state index in [0.29, 0.717) is 36.8 Å². The normalized spacial score (nSPS) is 17.5. The molecule has 1 spiro atoms. The predicted molar refractivity (Wildman–Crippen MR) is 108 cm³/mol. The van der Waals surface area contributed by atoms with E-state index in [-0.39, 0.29) is 11.3 Å². The minimum atomic E-state index is -0.0260. The van der Waals surface area contributed by atoms with Gasteiger partial charge >= 0.3 is 0 Å². The maximum Gasteiger partial charge on any atom is 0.253 e. The highest BCUT2D eigenvalue weighted by molar-refractivity contribution is 6.31. The zero-order valence-electron chi connectivity index (χ0n) is 15.2. The second-order valence-corrected chi connectivity index (χ2v) is 7.82. The lowest BCUT2D eigenvalue weighted by Crippen LogP contribution is -2.46. The number of fused-ring (bicyclic) bond motifs is 2. The monoisotopic (exact) mass is 382 g/mol. The van der Waals surface area contributed by atoms with Gasteiger partial charge in [0.2, 0.25) is 0 Å². The van der Waals surface area contributed by atoms with E-state index < -0.39 is 0 Å². The first-order valence-corrected chi connectivity index (χ1v) is 9.61. The lowest BCUT2D eigenvalue weighted by atomic mass is 9.74. The van der Waals surface area contributed by atoms with Gasteiger partial charge in [-0.3, -0.25) is 4.79 Å². The molecule has 0 aliphatic carbocycles. The molecule has 0 saturated carbocycles. The topological polar surface area (TPSA) is 55.6 Å². The fraction of sp³-hybridized carbons (Fsp3) is 0.318. The van der Waals surface area contributed by atoms with Crippen LogP contribution in [-0.2, 0) is 16.8 Å². The third-order valence-electron chi connectivity index (χ3n) is 5.79. The van der Waals surface area contributed by atoms with Crippen LogP contribution in [-0.4, -0.2) is 30.5 Å². The van der Waals surface area contributed by atoms with E-state index in [2.05, 4.69) is 12.6 Å². The van der Waals surface area contributed by atoms with Crippen molar-refractivity contribution in [1.29, 1.82) is 0 Å². The number of rotatable bonds is 3. The molecule has 0 bridgehead atoms. The molecule has 0 aromatic heterocycles. The van der Waals surface area contributed by atoms with Gasteiger partial charge in [-0.1, -0.05) is 42.4 Å². The average Bonchev–Trinajstić information content (AvgIpc) is 3.05. The maximum atomic E-state index is 12.9. The number of nitrogens with two attached hydrogens (primary N) is 1. The van der Waals surface area contributed by atoms with Crippen LogP contribution < -0.4 is 10.5 Å². The van der Waals surface area contributed by atoms with Gasteiger partial charge in [0.05, 0.1) is 6.61 Å². The Labute approximate surface area is 164 Å². The molecule has 140 valence electrons. The van der Waals surface area contributed by atoms with Gasteiger partial charge in [-0.15, -0.1) is 0 Å². The van der Waals surface area contributed by atoms with Crippen molar-refractivity contribution in [3.63, 3.8) is 0 Å². The van der Waals surface area contributed by atoms with Gasteiger partial charge in [0.15, 0.2) is 0 Å². The Morgan fingerprint density at radius 1 is 1.22 bits per heavy atom. The summed E-state index contributed by atoms with van der Waals surface area (Å²) in [7, 11) is 0. The van der Waals surface area contributed by atoms with Crippen LogP contribution in [0.3, 0.4) is 0 Å². The molecule has 4 rings (SSSR count). The van der Waals surface area contributed by atoms with E-state index in [1.807, 2.05) is 29.2 Å². The molecule has 2 aromatic rings. The lowest BCUT2D eigenvalue weighted by molar-refractivity contribution is -0.126. The molecule has 1 fully saturated rings. The summed E-state index contributed by atoms with van der Waals surface area (Å²) in [5, 5.41) is 0.606. The number of carbonyl (C=O) groups excluding carboxylic acids is 1. The van der Waals surface area contributed by atoms with E-state index in [1.54, 1.807) is 12.1 Å². The molecule has 0 radical (unpaired) electrons. The number of ether oxygens (including phenoxy) is 1. The SMILES string of the molecule is C=C(C(=O)N1CCC2(CC1)COc1ccc(CN)cc12)c1cccc(Cl)c1. The largest absolute Gasteiger partial charge is 0.492 e. The molecular weight excluding hydrogens is 360 g/mol. The number of amides is 1. The number of hydrogen-bond donors (Lipinski definition) is 1. The molecule has 4 nitrogen and oxygen atoms in total. The standard InChI is InChI=1S/C22H23ClN2O2/c1-15(17-3-2-4-18(23)12-17)21(26)25-9-7-22(8-10-25)14-27-20-6-5-16(13-24)11-19(20)22/h2-6,11-12H,1,7-10,13-14,24H2. The zero-order valence-corrected chi connectivity index (χ0v) is 16.0. The van der Waals surface area contributed by atoms with Crippen LogP contribution in [0.25, 0.3) is 5.57 Å². The van der Waals surface area contributed by atoms with Gasteiger partial charge in [-0.25, -0.2) is 0 Å². The third kappa shape index (κ3) is 3.24. The van der Waals surface area contributed by atoms with Crippen molar-refractivity contribution >= 4 is 23.1 Å². The molecule has 2 heterocycles. The highest BCUT2D eigenvalue weighted by Gasteiger charge is 2.44. The van der Waals surface area contributed by atoms with Crippen LogP contribution in [0.15, 0.2) is 49.0 Å². The molecule has 5 heteroatoms. The van der Waals surface area contributed by atoms with Gasteiger partial charge in [0.1, 0.15) is 5.75 Å². The summed E-state index contributed by atoms with van der Waals surface area (Å²) < 4.78 is 5.94. The fourth-order valence-electron chi connectivity index (χ4n) is 4.08. The number of nitrogens with zero attached hydrogens (tertiary/aromatic N) is 1. The number of hydrogen-bond acceptors (Lipinski definition) is 3. The Kier molecular flexibility index (Phi) is 4.70. The van der Waals surface area contributed by atoms with E-state index in [1.165, 1.54) is 5.56 Å². The molecule has 27 heavy (non-hydrogen) atoms. The first-order chi connectivity index (χ1) is 13.0. The predicted octanol–water partition coefficient (Wildman–Crippen LogP) is 3.76. The van der Waals surface area contributed by atoms with Crippen LogP contribution in [0, 0.1) is 0 Å². The van der Waals surface area contributed by atoms with Crippen LogP contribution in [0.2, 0.25) is 5.02 Å². The zero-order chi connectivity index (χ0) is 19.0. The van der Waals surface area contributed by atoms with E-state index >= 15 is 0 Å². The van der Waals surface area contributed by atoms with Crippen molar-refractivity contribution in [3.8, 4) is 5.75 Å². The average molecular weight is 383 g/mol. The highest BCUT2D eigenvalue weighted by Crippen LogP contribution is 2.46. The van der Waals surface area contributed by atoms with Gasteiger partial charge < -0.3 is 15.4 Å². The van der Waals surface area contributed by atoms with E-state index in [9.17, 15) is 4.79 Å². The second kappa shape index (κ2) is 7.02. The Bertz CT molecular complexity index is 901. The molecule has 2 aliphatic heterocycles. The van der Waals surface area contributed by atoms with E-state index in [0.717, 1.165) is 29.7 Å². The first kappa shape index (κ1) is 18.1. The van der Waals surface area contributed by atoms with Gasteiger partial charge in [0.25, 0.3) is 5.91 Å². The summed E-state index contributed by atoms with van der Waals surface area (Å²) in [5.41, 5.74) is 9.41. The van der Waals surface area contributed by atoms with Crippen molar-refractivity contribution < 1.29 is 9.53 Å². The van der Waals surface area contributed by atoms with Crippen molar-refractivity contribution in [2.75, 3.05) is 19.7 Å². The smallest absolute Gasteiger partial charge is 0.253 e. The Balaban J connectivity index is 1.49. The number of piperidine rings is 1. The summed E-state index contributed by atoms with van der Waals surface area (Å²) in [6.07, 6.45) is 1.76. The number of halogens is 1. The molecule has 2 aromatic carbocycles. The number of likely N-dealkylation sites (tertiary alicyclic amines) is 1. The summed E-state index contributed by atoms with van der Waals surface area (Å²) in [4.78, 5) is 14.8. The Morgan fingerprint density at radius 2 is 2.00 bits per heavy atom. The summed E-state index contributed by atoms with van der Waals surface area (Å²) in [6.45, 7) is 6.57. The van der Waals surface area contributed by atoms with Crippen molar-refractivity contribution in [2.24, 2.45) is 5.73 Å². The number of carbonyl (C=O) groups is 1. The van der Waals surface area contributed by atoms with Crippen LogP contribution >= 0.6 is 11.6 Å². The Morgan fingerprint density at radius 3 is 2.70 bits per heavy atom. The van der Waals surface area contributed by atoms with Gasteiger partial charge in [-0.2, -0.15) is 0 Å². The molecule has 2 N–H and O–H groups in total. The van der Waals surface area contributed by atoms with Crippen molar-refractivity contribution in [2.45, 2.75) is 24.8 Å². The lowest BCUT2D eigenvalue weighted by Gasteiger charge is -2.39. The molecule has 0 unspecified atom stereocenters. The molecule has 1 saturated heterocycles. The van der Waals surface area contributed by atoms with E-state index in [4.69, 9.17) is 22.1 Å². The molecule has 1 amide bonds. The van der Waals surface area contributed by atoms with Gasteiger partial charge in [-0.05, 0) is 42.2 Å². The third-order valence-corrected chi connectivity index (χ3v) is 6.03. The summed E-state index contributed by atoms with van der Waals surface area (Å²) >= 11 is 6.05. The fourth-order valence-corrected chi connectivity index (χ4v) is 4.27. The van der Waals surface area contributed by atoms with Gasteiger partial charge in [0, 0.05) is 41.2 Å². The first-order valence-electron chi connectivity index (χ1n) is 9.23. The van der Waals surface area contributed by atoms with Crippen molar-refractivity contribution in [1.82, 2.24) is 4.90 Å². The molecule has 0 atom stereocenters. The summed E-state index contributed by atoms with van der Waals surface area (Å²) in [5.74, 6) is 0.928. The maximum absolute atomic E-state index is 12.9. The minimum absolute atomic E-state index is 0.0192. The van der Waals surface area contributed by atoms with Crippen molar-refractivity contribution in [3.05, 3.63) is 70.8 Å². The van der Waals surface area contributed by atoms with Crippen LogP contribution in [0.4, 0.5) is 0 Å². The highest BCUT2D eigenvalue weighted by atomic mass is 35.5. The molecule has 2 aliphatic rings. The second-order valence-electron chi connectivity index (χ2n) is 7.38. The van der Waals surface area contributed by atoms with Crippen LogP contribution in [0.5, 0.6) is 5.75 Å². The minimum Gasteiger partial charge on any atom is -0.492 e. The number of benzene rings is 2. The molecular formula is C22H23ClN2O2.